The Morgan fingerprint density at radius 2 is 1.76 bits per heavy atom. The zero-order valence-electron chi connectivity index (χ0n) is 14.8. The van der Waals surface area contributed by atoms with E-state index in [0.29, 0.717) is 0 Å². The van der Waals surface area contributed by atoms with Crippen molar-refractivity contribution in [3.05, 3.63) is 54.1 Å². The lowest BCUT2D eigenvalue weighted by Gasteiger charge is -2.28. The van der Waals surface area contributed by atoms with Crippen LogP contribution in [0.1, 0.15) is 31.7 Å². The summed E-state index contributed by atoms with van der Waals surface area (Å²) in [5.74, 6) is 0.636. The van der Waals surface area contributed by atoms with Gasteiger partial charge in [-0.3, -0.25) is 4.79 Å². The molecule has 0 bridgehead atoms. The van der Waals surface area contributed by atoms with E-state index in [1.807, 2.05) is 36.4 Å². The van der Waals surface area contributed by atoms with Gasteiger partial charge in [0.15, 0.2) is 6.61 Å². The van der Waals surface area contributed by atoms with Crippen LogP contribution < -0.4 is 15.0 Å². The van der Waals surface area contributed by atoms with E-state index in [4.69, 9.17) is 4.74 Å². The van der Waals surface area contributed by atoms with Crippen molar-refractivity contribution < 1.29 is 9.53 Å². The average Bonchev–Trinajstić information content (AvgIpc) is 2.68. The van der Waals surface area contributed by atoms with Crippen LogP contribution >= 0.6 is 0 Å². The van der Waals surface area contributed by atoms with Gasteiger partial charge in [0.25, 0.3) is 5.91 Å². The number of benzene rings is 2. The van der Waals surface area contributed by atoms with Gasteiger partial charge in [0, 0.05) is 24.5 Å². The summed E-state index contributed by atoms with van der Waals surface area (Å²) in [5.41, 5.74) is 3.14. The normalized spacial score (nSPS) is 14.2. The molecule has 0 radical (unpaired) electrons. The van der Waals surface area contributed by atoms with Gasteiger partial charge in [0.1, 0.15) is 5.75 Å². The van der Waals surface area contributed by atoms with E-state index in [1.54, 1.807) is 0 Å². The number of hydrogen-bond acceptors (Lipinski definition) is 3. The fourth-order valence-electron chi connectivity index (χ4n) is 3.18. The average molecular weight is 338 g/mol. The number of ether oxygens (including phenoxy) is 1. The third kappa shape index (κ3) is 4.75. The quantitative estimate of drug-likeness (QED) is 0.856. The summed E-state index contributed by atoms with van der Waals surface area (Å²) in [6.45, 7) is 4.34. The number of aryl methyl sites for hydroxylation is 1. The van der Waals surface area contributed by atoms with Crippen molar-refractivity contribution in [1.82, 2.24) is 0 Å². The SMILES string of the molecule is CCc1ccccc1OCC(=O)Nc1ccc(N2CCCCC2)cc1. The maximum absolute atomic E-state index is 12.1. The molecule has 1 N–H and O–H groups in total. The molecule has 1 amide bonds. The molecule has 2 aromatic carbocycles. The van der Waals surface area contributed by atoms with Crippen LogP contribution in [-0.4, -0.2) is 25.6 Å². The molecule has 4 heteroatoms. The Morgan fingerprint density at radius 1 is 1.04 bits per heavy atom. The minimum absolute atomic E-state index is 0.0187. The molecule has 1 saturated heterocycles. The third-order valence-corrected chi connectivity index (χ3v) is 4.58. The first-order chi connectivity index (χ1) is 12.3. The molecule has 132 valence electrons. The smallest absolute Gasteiger partial charge is 0.262 e. The Bertz CT molecular complexity index is 691. The lowest BCUT2D eigenvalue weighted by atomic mass is 10.1. The second kappa shape index (κ2) is 8.56. The molecule has 1 fully saturated rings. The molecule has 3 rings (SSSR count). The molecule has 0 atom stereocenters. The predicted octanol–water partition coefficient (Wildman–Crippen LogP) is 4.26. The number of nitrogens with zero attached hydrogens (tertiary/aromatic N) is 1. The highest BCUT2D eigenvalue weighted by molar-refractivity contribution is 5.92. The number of para-hydroxylation sites is 1. The largest absolute Gasteiger partial charge is 0.483 e. The number of hydrogen-bond donors (Lipinski definition) is 1. The maximum atomic E-state index is 12.1. The number of carbonyl (C=O) groups excluding carboxylic acids is 1. The van der Waals surface area contributed by atoms with Crippen LogP contribution in [0, 0.1) is 0 Å². The van der Waals surface area contributed by atoms with Crippen molar-refractivity contribution in [2.45, 2.75) is 32.6 Å². The lowest BCUT2D eigenvalue weighted by molar-refractivity contribution is -0.118. The van der Waals surface area contributed by atoms with E-state index in [9.17, 15) is 4.79 Å². The first-order valence-electron chi connectivity index (χ1n) is 9.12. The van der Waals surface area contributed by atoms with Crippen LogP contribution in [0.3, 0.4) is 0 Å². The number of carbonyl (C=O) groups is 1. The Morgan fingerprint density at radius 3 is 2.48 bits per heavy atom. The van der Waals surface area contributed by atoms with Crippen LogP contribution in [0.5, 0.6) is 5.75 Å². The Hall–Kier alpha value is -2.49. The van der Waals surface area contributed by atoms with Crippen LogP contribution in [0.25, 0.3) is 0 Å². The summed E-state index contributed by atoms with van der Waals surface area (Å²) < 4.78 is 5.66. The van der Waals surface area contributed by atoms with E-state index in [0.717, 1.165) is 36.5 Å². The monoisotopic (exact) mass is 338 g/mol. The molecular weight excluding hydrogens is 312 g/mol. The van der Waals surface area contributed by atoms with Gasteiger partial charge >= 0.3 is 0 Å². The number of amides is 1. The van der Waals surface area contributed by atoms with Crippen molar-refractivity contribution in [2.24, 2.45) is 0 Å². The minimum Gasteiger partial charge on any atom is -0.483 e. The van der Waals surface area contributed by atoms with Gasteiger partial charge in [-0.15, -0.1) is 0 Å². The van der Waals surface area contributed by atoms with Crippen LogP contribution in [-0.2, 0) is 11.2 Å². The fourth-order valence-corrected chi connectivity index (χ4v) is 3.18. The fraction of sp³-hybridized carbons (Fsp3) is 0.381. The summed E-state index contributed by atoms with van der Waals surface area (Å²) in [4.78, 5) is 14.5. The van der Waals surface area contributed by atoms with E-state index in [2.05, 4.69) is 29.3 Å². The van der Waals surface area contributed by atoms with Gasteiger partial charge in [0.2, 0.25) is 0 Å². The van der Waals surface area contributed by atoms with Gasteiger partial charge in [-0.05, 0) is 61.6 Å². The molecule has 0 aliphatic carbocycles. The number of anilines is 2. The zero-order valence-corrected chi connectivity index (χ0v) is 14.8. The van der Waals surface area contributed by atoms with Crippen molar-refractivity contribution in [3.8, 4) is 5.75 Å². The first-order valence-corrected chi connectivity index (χ1v) is 9.12. The van der Waals surface area contributed by atoms with E-state index < -0.39 is 0 Å². The van der Waals surface area contributed by atoms with Crippen LogP contribution in [0.4, 0.5) is 11.4 Å². The topological polar surface area (TPSA) is 41.6 Å². The highest BCUT2D eigenvalue weighted by Gasteiger charge is 2.11. The number of nitrogens with one attached hydrogen (secondary N) is 1. The first kappa shape index (κ1) is 17.3. The summed E-state index contributed by atoms with van der Waals surface area (Å²) in [6, 6.07) is 15.9. The van der Waals surface area contributed by atoms with E-state index in [-0.39, 0.29) is 12.5 Å². The summed E-state index contributed by atoms with van der Waals surface area (Å²) in [7, 11) is 0. The Labute approximate surface area is 149 Å². The maximum Gasteiger partial charge on any atom is 0.262 e. The molecule has 1 heterocycles. The molecule has 1 aliphatic rings. The van der Waals surface area contributed by atoms with Gasteiger partial charge in [-0.2, -0.15) is 0 Å². The van der Waals surface area contributed by atoms with Gasteiger partial charge < -0.3 is 15.0 Å². The second-order valence-electron chi connectivity index (χ2n) is 6.39. The third-order valence-electron chi connectivity index (χ3n) is 4.58. The lowest BCUT2D eigenvalue weighted by Crippen LogP contribution is -2.29. The second-order valence-corrected chi connectivity index (χ2v) is 6.39. The Balaban J connectivity index is 1.52. The Kier molecular flexibility index (Phi) is 5.94. The van der Waals surface area contributed by atoms with Crippen molar-refractivity contribution >= 4 is 17.3 Å². The summed E-state index contributed by atoms with van der Waals surface area (Å²) >= 11 is 0. The standard InChI is InChI=1S/C21H26N2O2/c1-2-17-8-4-5-9-20(17)25-16-21(24)22-18-10-12-19(13-11-18)23-14-6-3-7-15-23/h4-5,8-13H,2-3,6-7,14-16H2,1H3,(H,22,24). The van der Waals surface area contributed by atoms with Crippen LogP contribution in [0.2, 0.25) is 0 Å². The molecule has 0 aromatic heterocycles. The van der Waals surface area contributed by atoms with Gasteiger partial charge in [0.05, 0.1) is 0 Å². The summed E-state index contributed by atoms with van der Waals surface area (Å²) in [6.07, 6.45) is 4.73. The molecule has 2 aromatic rings. The van der Waals surface area contributed by atoms with Gasteiger partial charge in [-0.1, -0.05) is 25.1 Å². The van der Waals surface area contributed by atoms with E-state index in [1.165, 1.54) is 24.9 Å². The minimum atomic E-state index is -0.142. The molecule has 4 nitrogen and oxygen atoms in total. The zero-order chi connectivity index (χ0) is 17.5. The highest BCUT2D eigenvalue weighted by atomic mass is 16.5. The van der Waals surface area contributed by atoms with Crippen molar-refractivity contribution in [3.63, 3.8) is 0 Å². The van der Waals surface area contributed by atoms with E-state index >= 15 is 0 Å². The molecule has 25 heavy (non-hydrogen) atoms. The molecule has 1 aliphatic heterocycles. The van der Waals surface area contributed by atoms with Crippen LogP contribution in [0.15, 0.2) is 48.5 Å². The summed E-state index contributed by atoms with van der Waals surface area (Å²) in [5, 5.41) is 2.90. The van der Waals surface area contributed by atoms with Crippen molar-refractivity contribution in [2.75, 3.05) is 29.9 Å². The number of rotatable bonds is 6. The predicted molar refractivity (Wildman–Crippen MR) is 102 cm³/mol. The molecule has 0 saturated carbocycles. The van der Waals surface area contributed by atoms with Crippen molar-refractivity contribution in [1.29, 1.82) is 0 Å². The molecular formula is C21H26N2O2. The molecule has 0 spiro atoms. The molecule has 0 unspecified atom stereocenters. The number of piperidine rings is 1. The van der Waals surface area contributed by atoms with Gasteiger partial charge in [-0.25, -0.2) is 0 Å². The highest BCUT2D eigenvalue weighted by Crippen LogP contribution is 2.22.